The second kappa shape index (κ2) is 8.60. The average Bonchev–Trinajstić information content (AvgIpc) is 3.24. The molecule has 0 aliphatic rings. The predicted molar refractivity (Wildman–Crippen MR) is 108 cm³/mol. The third-order valence-corrected chi connectivity index (χ3v) is 5.82. The molecule has 7 heteroatoms. The molecule has 0 aliphatic heterocycles. The summed E-state index contributed by atoms with van der Waals surface area (Å²) >= 11 is 6.48. The first-order chi connectivity index (χ1) is 12.2. The van der Waals surface area contributed by atoms with Gasteiger partial charge in [-0.15, -0.1) is 22.7 Å². The van der Waals surface area contributed by atoms with Gasteiger partial charge in [0.2, 0.25) is 0 Å². The lowest BCUT2D eigenvalue weighted by molar-refractivity contribution is 0.102. The number of unbranched alkanes of at least 4 members (excludes halogenated alkanes) is 1. The molecule has 0 unspecified atom stereocenters. The van der Waals surface area contributed by atoms with E-state index in [-0.39, 0.29) is 5.91 Å². The molecule has 25 heavy (non-hydrogen) atoms. The van der Waals surface area contributed by atoms with E-state index < -0.39 is 0 Å². The van der Waals surface area contributed by atoms with Gasteiger partial charge in [0.05, 0.1) is 21.0 Å². The third kappa shape index (κ3) is 4.90. The normalized spacial score (nSPS) is 10.6. The standard InChI is InChI=1S/C18H17BrN2O2S2/c1-2-3-9-23-13-6-4-5-12(10-13)17(22)21-18-20-14(11-24-18)15-7-8-16(19)25-15/h4-8,10-11H,2-3,9H2,1H3,(H,20,21,22). The Kier molecular flexibility index (Phi) is 6.23. The number of amides is 1. The van der Waals surface area contributed by atoms with Crippen LogP contribution in [0.1, 0.15) is 30.1 Å². The molecule has 0 aliphatic carbocycles. The van der Waals surface area contributed by atoms with E-state index in [0.717, 1.165) is 27.2 Å². The predicted octanol–water partition coefficient (Wildman–Crippen LogP) is 6.07. The second-order valence-corrected chi connectivity index (χ2v) is 8.65. The summed E-state index contributed by atoms with van der Waals surface area (Å²) in [5.41, 5.74) is 1.43. The summed E-state index contributed by atoms with van der Waals surface area (Å²) < 4.78 is 6.71. The summed E-state index contributed by atoms with van der Waals surface area (Å²) in [6.45, 7) is 2.78. The zero-order valence-electron chi connectivity index (χ0n) is 13.6. The van der Waals surface area contributed by atoms with E-state index in [9.17, 15) is 4.79 Å². The Bertz CT molecular complexity index is 860. The molecule has 3 rings (SSSR count). The Morgan fingerprint density at radius 3 is 2.96 bits per heavy atom. The SMILES string of the molecule is CCCCOc1cccc(C(=O)Nc2nc(-c3ccc(Br)s3)cs2)c1. The van der Waals surface area contributed by atoms with Gasteiger partial charge in [0.15, 0.2) is 5.13 Å². The van der Waals surface area contributed by atoms with E-state index >= 15 is 0 Å². The van der Waals surface area contributed by atoms with Gasteiger partial charge in [-0.3, -0.25) is 10.1 Å². The molecule has 0 saturated carbocycles. The van der Waals surface area contributed by atoms with Crippen molar-refractivity contribution >= 4 is 49.6 Å². The Labute approximate surface area is 163 Å². The van der Waals surface area contributed by atoms with Gasteiger partial charge in [-0.25, -0.2) is 4.98 Å². The Hall–Kier alpha value is -1.70. The van der Waals surface area contributed by atoms with E-state index in [2.05, 4.69) is 33.2 Å². The molecule has 4 nitrogen and oxygen atoms in total. The van der Waals surface area contributed by atoms with E-state index in [0.29, 0.717) is 23.1 Å². The van der Waals surface area contributed by atoms with Gasteiger partial charge >= 0.3 is 0 Å². The van der Waals surface area contributed by atoms with Crippen LogP contribution in [-0.4, -0.2) is 17.5 Å². The Morgan fingerprint density at radius 2 is 2.20 bits per heavy atom. The fourth-order valence-corrected chi connectivity index (χ4v) is 4.25. The summed E-state index contributed by atoms with van der Waals surface area (Å²) in [5, 5.41) is 5.38. The van der Waals surface area contributed by atoms with Crippen LogP contribution in [-0.2, 0) is 0 Å². The zero-order valence-corrected chi connectivity index (χ0v) is 16.8. The number of thiophene rings is 1. The molecule has 0 fully saturated rings. The van der Waals surface area contributed by atoms with E-state index in [1.165, 1.54) is 11.3 Å². The van der Waals surface area contributed by atoms with Gasteiger partial charge in [-0.1, -0.05) is 19.4 Å². The van der Waals surface area contributed by atoms with Crippen LogP contribution >= 0.6 is 38.6 Å². The highest BCUT2D eigenvalue weighted by atomic mass is 79.9. The minimum Gasteiger partial charge on any atom is -0.494 e. The van der Waals surface area contributed by atoms with Gasteiger partial charge in [-0.2, -0.15) is 0 Å². The van der Waals surface area contributed by atoms with Gasteiger partial charge in [0.1, 0.15) is 5.75 Å². The summed E-state index contributed by atoms with van der Waals surface area (Å²) in [5.74, 6) is 0.526. The molecule has 2 aromatic heterocycles. The fourth-order valence-electron chi connectivity index (χ4n) is 2.13. The fraction of sp³-hybridized carbons (Fsp3) is 0.222. The van der Waals surface area contributed by atoms with Crippen LogP contribution in [0.4, 0.5) is 5.13 Å². The second-order valence-electron chi connectivity index (χ2n) is 5.33. The van der Waals surface area contributed by atoms with Crippen LogP contribution in [0.2, 0.25) is 0 Å². The number of aromatic nitrogens is 1. The first-order valence-corrected chi connectivity index (χ1v) is 10.4. The maximum absolute atomic E-state index is 12.4. The molecule has 130 valence electrons. The molecule has 0 radical (unpaired) electrons. The highest BCUT2D eigenvalue weighted by Gasteiger charge is 2.12. The number of hydrogen-bond donors (Lipinski definition) is 1. The first-order valence-electron chi connectivity index (χ1n) is 7.91. The number of benzene rings is 1. The number of carbonyl (C=O) groups is 1. The number of nitrogens with zero attached hydrogens (tertiary/aromatic N) is 1. The molecule has 1 aromatic carbocycles. The van der Waals surface area contributed by atoms with Crippen molar-refractivity contribution in [3.63, 3.8) is 0 Å². The van der Waals surface area contributed by atoms with Crippen molar-refractivity contribution in [3.05, 3.63) is 51.1 Å². The van der Waals surface area contributed by atoms with E-state index in [4.69, 9.17) is 4.74 Å². The number of halogens is 1. The van der Waals surface area contributed by atoms with Crippen LogP contribution in [0.25, 0.3) is 10.6 Å². The van der Waals surface area contributed by atoms with Crippen molar-refractivity contribution in [2.75, 3.05) is 11.9 Å². The van der Waals surface area contributed by atoms with Gasteiger partial charge in [0.25, 0.3) is 5.91 Å². The monoisotopic (exact) mass is 436 g/mol. The summed E-state index contributed by atoms with van der Waals surface area (Å²) in [6.07, 6.45) is 2.07. The molecule has 2 heterocycles. The number of nitrogens with one attached hydrogen (secondary N) is 1. The molecule has 0 saturated heterocycles. The topological polar surface area (TPSA) is 51.2 Å². The van der Waals surface area contributed by atoms with Crippen molar-refractivity contribution in [1.82, 2.24) is 4.98 Å². The maximum atomic E-state index is 12.4. The minimum atomic E-state index is -0.186. The smallest absolute Gasteiger partial charge is 0.257 e. The number of carbonyl (C=O) groups excluding carboxylic acids is 1. The van der Waals surface area contributed by atoms with Crippen molar-refractivity contribution in [2.24, 2.45) is 0 Å². The average molecular weight is 437 g/mol. The number of hydrogen-bond acceptors (Lipinski definition) is 5. The maximum Gasteiger partial charge on any atom is 0.257 e. The lowest BCUT2D eigenvalue weighted by atomic mass is 10.2. The van der Waals surface area contributed by atoms with Crippen molar-refractivity contribution in [2.45, 2.75) is 19.8 Å². The lowest BCUT2D eigenvalue weighted by Crippen LogP contribution is -2.11. The van der Waals surface area contributed by atoms with Gasteiger partial charge < -0.3 is 4.74 Å². The van der Waals surface area contributed by atoms with Crippen LogP contribution < -0.4 is 10.1 Å². The summed E-state index contributed by atoms with van der Waals surface area (Å²) in [7, 11) is 0. The molecular formula is C18H17BrN2O2S2. The molecule has 0 spiro atoms. The summed E-state index contributed by atoms with van der Waals surface area (Å²) in [6, 6.07) is 11.2. The molecule has 0 bridgehead atoms. The largest absolute Gasteiger partial charge is 0.494 e. The number of ether oxygens (including phenoxy) is 1. The minimum absolute atomic E-state index is 0.186. The molecular weight excluding hydrogens is 420 g/mol. The van der Waals surface area contributed by atoms with Crippen LogP contribution in [0.15, 0.2) is 45.6 Å². The molecule has 3 aromatic rings. The molecule has 0 atom stereocenters. The highest BCUT2D eigenvalue weighted by Crippen LogP contribution is 2.33. The van der Waals surface area contributed by atoms with E-state index in [1.54, 1.807) is 23.5 Å². The van der Waals surface area contributed by atoms with Crippen molar-refractivity contribution < 1.29 is 9.53 Å². The number of rotatable bonds is 7. The highest BCUT2D eigenvalue weighted by molar-refractivity contribution is 9.11. The number of anilines is 1. The molecule has 1 N–H and O–H groups in total. The molecule has 1 amide bonds. The van der Waals surface area contributed by atoms with Crippen molar-refractivity contribution in [1.29, 1.82) is 0 Å². The number of thiazole rings is 1. The van der Waals surface area contributed by atoms with Crippen LogP contribution in [0.3, 0.4) is 0 Å². The Morgan fingerprint density at radius 1 is 1.32 bits per heavy atom. The van der Waals surface area contributed by atoms with Gasteiger partial charge in [0, 0.05) is 10.9 Å². The lowest BCUT2D eigenvalue weighted by Gasteiger charge is -2.07. The third-order valence-electron chi connectivity index (χ3n) is 3.41. The summed E-state index contributed by atoms with van der Waals surface area (Å²) in [4.78, 5) is 18.0. The van der Waals surface area contributed by atoms with Crippen LogP contribution in [0, 0.1) is 0 Å². The van der Waals surface area contributed by atoms with Crippen molar-refractivity contribution in [3.8, 4) is 16.3 Å². The van der Waals surface area contributed by atoms with Gasteiger partial charge in [-0.05, 0) is 52.7 Å². The first kappa shape index (κ1) is 18.1. The van der Waals surface area contributed by atoms with Crippen LogP contribution in [0.5, 0.6) is 5.75 Å². The zero-order chi connectivity index (χ0) is 17.6. The quantitative estimate of drug-likeness (QED) is 0.457. The van der Waals surface area contributed by atoms with E-state index in [1.807, 2.05) is 29.6 Å². The Balaban J connectivity index is 1.66.